The normalized spacial score (nSPS) is 18.5. The molecule has 2 aromatic carbocycles. The van der Waals surface area contributed by atoms with E-state index in [1.165, 1.54) is 5.56 Å². The third-order valence-electron chi connectivity index (χ3n) is 5.92. The average molecular weight is 424 g/mol. The lowest BCUT2D eigenvalue weighted by molar-refractivity contribution is -0.423. The van der Waals surface area contributed by atoms with Crippen LogP contribution in [0.3, 0.4) is 0 Å². The Kier molecular flexibility index (Phi) is 6.44. The number of nitrogens with zero attached hydrogens (tertiary/aromatic N) is 1. The van der Waals surface area contributed by atoms with Crippen LogP contribution in [-0.2, 0) is 11.2 Å². The van der Waals surface area contributed by atoms with Gasteiger partial charge in [0.15, 0.2) is 6.73 Å². The van der Waals surface area contributed by atoms with E-state index < -0.39 is 0 Å². The summed E-state index contributed by atoms with van der Waals surface area (Å²) >= 11 is 0. The number of benzene rings is 2. The predicted molar refractivity (Wildman–Crippen MR) is 119 cm³/mol. The van der Waals surface area contributed by atoms with E-state index in [1.54, 1.807) is 4.90 Å². The van der Waals surface area contributed by atoms with Gasteiger partial charge < -0.3 is 19.7 Å². The van der Waals surface area contributed by atoms with Crippen molar-refractivity contribution >= 4 is 11.6 Å². The lowest BCUT2D eigenvalue weighted by Crippen LogP contribution is -2.63. The smallest absolute Gasteiger partial charge is 0.260 e. The summed E-state index contributed by atoms with van der Waals surface area (Å²) in [6.45, 7) is 3.72. The first kappa shape index (κ1) is 21.2. The van der Waals surface area contributed by atoms with Gasteiger partial charge in [0.2, 0.25) is 0 Å². The molecule has 2 aliphatic heterocycles. The number of aryl methyl sites for hydroxylation is 1. The first-order chi connectivity index (χ1) is 15.1. The van der Waals surface area contributed by atoms with Crippen molar-refractivity contribution in [2.24, 2.45) is 0 Å². The van der Waals surface area contributed by atoms with Gasteiger partial charge in [-0.25, -0.2) is 5.43 Å². The van der Waals surface area contributed by atoms with E-state index in [1.807, 2.05) is 25.4 Å². The van der Waals surface area contributed by atoms with E-state index in [2.05, 4.69) is 47.8 Å². The van der Waals surface area contributed by atoms with Crippen molar-refractivity contribution in [1.82, 2.24) is 15.6 Å². The molecule has 0 bridgehead atoms. The zero-order valence-corrected chi connectivity index (χ0v) is 18.2. The molecule has 1 fully saturated rings. The standard InChI is InChI=1S/C24H30N4O3/c1-16-10-23-21(24(29)28(15-31-23)14-20-4-3-9-30-20)12-19(16)11-17-5-7-18(8-6-17)22(27-25)13-26-2/h5-8,10,12-13,20,26-27H,3-4,9,11,14-15,25H2,1-2H3/p+1/b22-13-. The van der Waals surface area contributed by atoms with Crippen LogP contribution in [0.1, 0.15) is 45.5 Å². The number of nitrogens with one attached hydrogen (secondary N) is 2. The van der Waals surface area contributed by atoms with Crippen LogP contribution in [0.4, 0.5) is 0 Å². The summed E-state index contributed by atoms with van der Waals surface area (Å²) in [5.74, 6) is 4.45. The number of hydrogen-bond acceptors (Lipinski definition) is 5. The molecule has 1 atom stereocenters. The fraction of sp³-hybridized carbons (Fsp3) is 0.375. The maximum absolute atomic E-state index is 13.1. The van der Waals surface area contributed by atoms with Crippen molar-refractivity contribution in [3.05, 3.63) is 70.4 Å². The highest BCUT2D eigenvalue weighted by molar-refractivity contribution is 5.98. The summed E-state index contributed by atoms with van der Waals surface area (Å²) < 4.78 is 11.6. The Hall–Kier alpha value is -3.03. The number of amides is 1. The van der Waals surface area contributed by atoms with E-state index in [0.29, 0.717) is 17.9 Å². The Morgan fingerprint density at radius 1 is 1.29 bits per heavy atom. The van der Waals surface area contributed by atoms with Crippen LogP contribution < -0.4 is 21.3 Å². The Morgan fingerprint density at radius 3 is 2.77 bits per heavy atom. The minimum Gasteiger partial charge on any atom is -0.472 e. The number of rotatable bonds is 7. The van der Waals surface area contributed by atoms with Crippen LogP contribution in [-0.4, -0.2) is 43.8 Å². The van der Waals surface area contributed by atoms with Crippen LogP contribution in [0.2, 0.25) is 0 Å². The SMILES string of the molecule is CN/C=C(\N[NH3+])c1ccc(Cc2cc3c(cc2C)OCN(CC2CCCO2)C3=O)cc1. The van der Waals surface area contributed by atoms with Crippen molar-refractivity contribution < 1.29 is 20.1 Å². The Balaban J connectivity index is 1.52. The van der Waals surface area contributed by atoms with E-state index in [4.69, 9.17) is 9.47 Å². The van der Waals surface area contributed by atoms with Crippen LogP contribution in [0.15, 0.2) is 42.6 Å². The third-order valence-corrected chi connectivity index (χ3v) is 5.92. The van der Waals surface area contributed by atoms with Crippen LogP contribution in [0, 0.1) is 6.92 Å². The largest absolute Gasteiger partial charge is 0.472 e. The summed E-state index contributed by atoms with van der Waals surface area (Å²) in [5, 5.41) is 3.02. The van der Waals surface area contributed by atoms with Gasteiger partial charge in [0, 0.05) is 25.4 Å². The molecular weight excluding hydrogens is 392 g/mol. The van der Waals surface area contributed by atoms with Crippen LogP contribution >= 0.6 is 0 Å². The minimum atomic E-state index is 0.0247. The molecule has 2 heterocycles. The van der Waals surface area contributed by atoms with Crippen molar-refractivity contribution in [2.75, 3.05) is 26.9 Å². The summed E-state index contributed by atoms with van der Waals surface area (Å²) in [6.07, 6.45) is 4.81. The number of fused-ring (bicyclic) bond motifs is 1. The lowest BCUT2D eigenvalue weighted by atomic mass is 9.96. The van der Waals surface area contributed by atoms with E-state index in [0.717, 1.165) is 48.3 Å². The predicted octanol–water partition coefficient (Wildman–Crippen LogP) is 1.82. The monoisotopic (exact) mass is 423 g/mol. The number of hydrogen-bond donors (Lipinski definition) is 3. The van der Waals surface area contributed by atoms with Crippen molar-refractivity contribution in [3.63, 3.8) is 0 Å². The summed E-state index contributed by atoms with van der Waals surface area (Å²) in [5.41, 5.74) is 9.01. The Labute approximate surface area is 183 Å². The topological polar surface area (TPSA) is 90.5 Å². The third kappa shape index (κ3) is 4.68. The van der Waals surface area contributed by atoms with Gasteiger partial charge in [-0.2, -0.15) is 0 Å². The van der Waals surface area contributed by atoms with Crippen LogP contribution in [0.5, 0.6) is 5.75 Å². The van der Waals surface area contributed by atoms with Gasteiger partial charge in [-0.3, -0.25) is 10.6 Å². The van der Waals surface area contributed by atoms with Gasteiger partial charge in [0.1, 0.15) is 11.4 Å². The molecule has 31 heavy (non-hydrogen) atoms. The molecule has 0 spiro atoms. The molecule has 7 nitrogen and oxygen atoms in total. The molecule has 0 aliphatic carbocycles. The number of carbonyl (C=O) groups excluding carboxylic acids is 1. The number of quaternary nitrogens is 1. The number of carbonyl (C=O) groups is 1. The summed E-state index contributed by atoms with van der Waals surface area (Å²) in [4.78, 5) is 14.9. The van der Waals surface area contributed by atoms with E-state index >= 15 is 0 Å². The molecule has 1 amide bonds. The van der Waals surface area contributed by atoms with Gasteiger partial charge >= 0.3 is 0 Å². The van der Waals surface area contributed by atoms with Crippen LogP contribution in [0.25, 0.3) is 5.70 Å². The van der Waals surface area contributed by atoms with Gasteiger partial charge in [0.25, 0.3) is 5.91 Å². The second-order valence-electron chi connectivity index (χ2n) is 8.11. The van der Waals surface area contributed by atoms with Gasteiger partial charge in [0.05, 0.1) is 18.2 Å². The average Bonchev–Trinajstić information content (AvgIpc) is 3.29. The van der Waals surface area contributed by atoms with Crippen molar-refractivity contribution in [2.45, 2.75) is 32.3 Å². The van der Waals surface area contributed by atoms with Gasteiger partial charge in [-0.15, -0.1) is 0 Å². The molecule has 2 aliphatic rings. The zero-order chi connectivity index (χ0) is 21.8. The molecule has 1 unspecified atom stereocenters. The van der Waals surface area contributed by atoms with E-state index in [-0.39, 0.29) is 18.7 Å². The molecule has 2 aromatic rings. The highest BCUT2D eigenvalue weighted by atomic mass is 16.5. The minimum absolute atomic E-state index is 0.0247. The van der Waals surface area contributed by atoms with Gasteiger partial charge in [-0.1, -0.05) is 24.3 Å². The molecule has 0 aromatic heterocycles. The molecule has 0 saturated carbocycles. The zero-order valence-electron chi connectivity index (χ0n) is 18.2. The maximum atomic E-state index is 13.1. The fourth-order valence-corrected chi connectivity index (χ4v) is 4.15. The van der Waals surface area contributed by atoms with Gasteiger partial charge in [-0.05, 0) is 55.0 Å². The van der Waals surface area contributed by atoms with Crippen molar-refractivity contribution in [3.8, 4) is 5.75 Å². The lowest BCUT2D eigenvalue weighted by Gasteiger charge is -2.31. The molecule has 0 radical (unpaired) electrons. The highest BCUT2D eigenvalue weighted by Gasteiger charge is 2.29. The highest BCUT2D eigenvalue weighted by Crippen LogP contribution is 2.30. The maximum Gasteiger partial charge on any atom is 0.260 e. The Bertz CT molecular complexity index is 966. The number of ether oxygens (including phenoxy) is 2. The Morgan fingerprint density at radius 2 is 2.10 bits per heavy atom. The fourth-order valence-electron chi connectivity index (χ4n) is 4.15. The molecule has 1 saturated heterocycles. The second kappa shape index (κ2) is 9.41. The molecular formula is C24H31N4O3+. The van der Waals surface area contributed by atoms with E-state index in [9.17, 15) is 4.79 Å². The summed E-state index contributed by atoms with van der Waals surface area (Å²) in [6, 6.07) is 12.3. The second-order valence-corrected chi connectivity index (χ2v) is 8.11. The molecule has 7 heteroatoms. The summed E-state index contributed by atoms with van der Waals surface area (Å²) in [7, 11) is 1.86. The molecule has 4 rings (SSSR count). The quantitative estimate of drug-likeness (QED) is 0.591. The molecule has 164 valence electrons. The molecule has 5 N–H and O–H groups in total. The van der Waals surface area contributed by atoms with Crippen molar-refractivity contribution in [1.29, 1.82) is 0 Å². The first-order valence-electron chi connectivity index (χ1n) is 10.8. The first-order valence-corrected chi connectivity index (χ1v) is 10.8.